The molecule has 0 aliphatic heterocycles. The number of pyridine rings is 1. The van der Waals surface area contributed by atoms with E-state index in [4.69, 9.17) is 11.5 Å². The Morgan fingerprint density at radius 1 is 1.00 bits per heavy atom. The van der Waals surface area contributed by atoms with Crippen molar-refractivity contribution in [1.82, 2.24) is 4.98 Å². The average molecular weight is 434 g/mol. The molecule has 2 aromatic carbocycles. The Bertz CT molecular complexity index is 1080. The monoisotopic (exact) mass is 433 g/mol. The standard InChI is InChI=1S/C22H18F3N3O.ClH/c23-22(24,25)15-3-1-2-14(10-15)19-9-8-16(17-11-18(17)26)20(28-19)12-4-6-13(7-5-12)21(27)29;/h1-10,17-18H,11,26H2,(H2,27,29);1H. The summed E-state index contributed by atoms with van der Waals surface area (Å²) in [4.78, 5) is 16.0. The van der Waals surface area contributed by atoms with Gasteiger partial charge in [-0.15, -0.1) is 12.4 Å². The SMILES string of the molecule is Cl.NC(=O)c1ccc(-c2nc(-c3cccc(C(F)(F)F)c3)ccc2C2CC2N)cc1. The lowest BCUT2D eigenvalue weighted by atomic mass is 9.98. The number of hydrogen-bond donors (Lipinski definition) is 2. The molecule has 4 rings (SSSR count). The average Bonchev–Trinajstić information content (AvgIpc) is 3.43. The maximum Gasteiger partial charge on any atom is 0.416 e. The quantitative estimate of drug-likeness (QED) is 0.621. The molecule has 1 amide bonds. The highest BCUT2D eigenvalue weighted by molar-refractivity contribution is 5.93. The number of nitrogens with two attached hydrogens (primary N) is 2. The van der Waals surface area contributed by atoms with Gasteiger partial charge in [-0.25, -0.2) is 4.98 Å². The smallest absolute Gasteiger partial charge is 0.366 e. The second kappa shape index (κ2) is 8.08. The van der Waals surface area contributed by atoms with Gasteiger partial charge in [0.1, 0.15) is 0 Å². The number of carbonyl (C=O) groups excluding carboxylic acids is 1. The van der Waals surface area contributed by atoms with Gasteiger partial charge in [0.2, 0.25) is 5.91 Å². The lowest BCUT2D eigenvalue weighted by Crippen LogP contribution is -2.10. The molecule has 2 atom stereocenters. The Labute approximate surface area is 177 Å². The van der Waals surface area contributed by atoms with Crippen LogP contribution in [0.15, 0.2) is 60.7 Å². The summed E-state index contributed by atoms with van der Waals surface area (Å²) in [6, 6.07) is 15.4. The second-order valence-corrected chi connectivity index (χ2v) is 7.16. The summed E-state index contributed by atoms with van der Waals surface area (Å²) in [6.45, 7) is 0. The maximum absolute atomic E-state index is 13.1. The van der Waals surface area contributed by atoms with Gasteiger partial charge in [0.15, 0.2) is 0 Å². The summed E-state index contributed by atoms with van der Waals surface area (Å²) in [5, 5.41) is 0. The minimum atomic E-state index is -4.43. The highest BCUT2D eigenvalue weighted by Crippen LogP contribution is 2.43. The van der Waals surface area contributed by atoms with Crippen LogP contribution in [-0.4, -0.2) is 16.9 Å². The van der Waals surface area contributed by atoms with Crippen LogP contribution in [-0.2, 0) is 6.18 Å². The molecule has 30 heavy (non-hydrogen) atoms. The molecular weight excluding hydrogens is 415 g/mol. The topological polar surface area (TPSA) is 82.0 Å². The number of hydrogen-bond acceptors (Lipinski definition) is 3. The zero-order chi connectivity index (χ0) is 20.8. The maximum atomic E-state index is 13.1. The number of benzene rings is 2. The number of aromatic nitrogens is 1. The van der Waals surface area contributed by atoms with Gasteiger partial charge in [0, 0.05) is 28.7 Å². The summed E-state index contributed by atoms with van der Waals surface area (Å²) >= 11 is 0. The van der Waals surface area contributed by atoms with Gasteiger partial charge in [0.05, 0.1) is 17.0 Å². The third-order valence-electron chi connectivity index (χ3n) is 5.09. The van der Waals surface area contributed by atoms with Crippen LogP contribution in [0, 0.1) is 0 Å². The molecular formula is C22H19ClF3N3O. The molecule has 1 saturated carbocycles. The van der Waals surface area contributed by atoms with Crippen molar-refractivity contribution in [2.45, 2.75) is 24.6 Å². The Kier molecular flexibility index (Phi) is 5.87. The minimum absolute atomic E-state index is 0. The summed E-state index contributed by atoms with van der Waals surface area (Å²) in [5.74, 6) is -0.379. The summed E-state index contributed by atoms with van der Waals surface area (Å²) in [7, 11) is 0. The molecule has 1 fully saturated rings. The second-order valence-electron chi connectivity index (χ2n) is 7.16. The van der Waals surface area contributed by atoms with E-state index < -0.39 is 17.6 Å². The van der Waals surface area contributed by atoms with Crippen molar-refractivity contribution in [1.29, 1.82) is 0 Å². The first-order chi connectivity index (χ1) is 13.7. The molecule has 2 unspecified atom stereocenters. The predicted octanol–water partition coefficient (Wildman–Crippen LogP) is 4.77. The lowest BCUT2D eigenvalue weighted by Gasteiger charge is -2.13. The Balaban J connectivity index is 0.00000256. The van der Waals surface area contributed by atoms with Gasteiger partial charge in [-0.2, -0.15) is 13.2 Å². The Morgan fingerprint density at radius 2 is 1.67 bits per heavy atom. The van der Waals surface area contributed by atoms with E-state index in [1.54, 1.807) is 36.4 Å². The number of nitrogens with zero attached hydrogens (tertiary/aromatic N) is 1. The fraction of sp³-hybridized carbons (Fsp3) is 0.182. The van der Waals surface area contributed by atoms with Crippen molar-refractivity contribution in [3.8, 4) is 22.5 Å². The lowest BCUT2D eigenvalue weighted by molar-refractivity contribution is -0.137. The van der Waals surface area contributed by atoms with Crippen LogP contribution in [0.2, 0.25) is 0 Å². The molecule has 0 radical (unpaired) electrons. The molecule has 4 N–H and O–H groups in total. The summed E-state index contributed by atoms with van der Waals surface area (Å²) in [5.41, 5.74) is 14.1. The van der Waals surface area contributed by atoms with Crippen molar-refractivity contribution >= 4 is 18.3 Å². The van der Waals surface area contributed by atoms with Gasteiger partial charge >= 0.3 is 6.18 Å². The van der Waals surface area contributed by atoms with E-state index in [9.17, 15) is 18.0 Å². The summed E-state index contributed by atoms with van der Waals surface area (Å²) in [6.07, 6.45) is -3.60. The highest BCUT2D eigenvalue weighted by Gasteiger charge is 2.37. The van der Waals surface area contributed by atoms with Crippen LogP contribution in [0.25, 0.3) is 22.5 Å². The van der Waals surface area contributed by atoms with Crippen LogP contribution in [0.5, 0.6) is 0 Å². The van der Waals surface area contributed by atoms with Crippen molar-refractivity contribution in [3.63, 3.8) is 0 Å². The molecule has 3 aromatic rings. The van der Waals surface area contributed by atoms with Gasteiger partial charge in [-0.3, -0.25) is 4.79 Å². The van der Waals surface area contributed by atoms with Gasteiger partial charge < -0.3 is 11.5 Å². The van der Waals surface area contributed by atoms with Crippen molar-refractivity contribution in [2.24, 2.45) is 11.5 Å². The van der Waals surface area contributed by atoms with Crippen LogP contribution >= 0.6 is 12.4 Å². The number of carbonyl (C=O) groups is 1. The molecule has 1 aliphatic rings. The molecule has 1 aliphatic carbocycles. The van der Waals surface area contributed by atoms with Crippen molar-refractivity contribution < 1.29 is 18.0 Å². The fourth-order valence-corrected chi connectivity index (χ4v) is 3.38. The first-order valence-electron chi connectivity index (χ1n) is 9.08. The van der Waals surface area contributed by atoms with Crippen molar-refractivity contribution in [2.75, 3.05) is 0 Å². The van der Waals surface area contributed by atoms with Gasteiger partial charge in [0.25, 0.3) is 0 Å². The number of primary amides is 1. The number of amides is 1. The third-order valence-corrected chi connectivity index (χ3v) is 5.09. The molecule has 0 saturated heterocycles. The van der Waals surface area contributed by atoms with Gasteiger partial charge in [-0.05, 0) is 42.3 Å². The van der Waals surface area contributed by atoms with E-state index in [1.165, 1.54) is 6.07 Å². The highest BCUT2D eigenvalue weighted by atomic mass is 35.5. The summed E-state index contributed by atoms with van der Waals surface area (Å²) < 4.78 is 39.2. The van der Waals surface area contributed by atoms with Gasteiger partial charge in [-0.1, -0.05) is 30.3 Å². The number of halogens is 4. The van der Waals surface area contributed by atoms with E-state index in [0.29, 0.717) is 22.5 Å². The van der Waals surface area contributed by atoms with E-state index in [2.05, 4.69) is 4.98 Å². The zero-order valence-corrected chi connectivity index (χ0v) is 16.5. The van der Waals surface area contributed by atoms with E-state index in [1.807, 2.05) is 6.07 Å². The molecule has 0 bridgehead atoms. The molecule has 156 valence electrons. The number of rotatable bonds is 4. The molecule has 1 aromatic heterocycles. The molecule has 1 heterocycles. The molecule has 4 nitrogen and oxygen atoms in total. The van der Waals surface area contributed by atoms with E-state index >= 15 is 0 Å². The van der Waals surface area contributed by atoms with Crippen LogP contribution < -0.4 is 11.5 Å². The minimum Gasteiger partial charge on any atom is -0.366 e. The number of alkyl halides is 3. The fourth-order valence-electron chi connectivity index (χ4n) is 3.38. The van der Waals surface area contributed by atoms with Crippen molar-refractivity contribution in [3.05, 3.63) is 77.4 Å². The predicted molar refractivity (Wildman–Crippen MR) is 111 cm³/mol. The van der Waals surface area contributed by atoms with Crippen LogP contribution in [0.1, 0.15) is 33.8 Å². The zero-order valence-electron chi connectivity index (χ0n) is 15.7. The Morgan fingerprint density at radius 3 is 2.23 bits per heavy atom. The normalized spacial score (nSPS) is 17.9. The van der Waals surface area contributed by atoms with E-state index in [0.717, 1.165) is 29.7 Å². The van der Waals surface area contributed by atoms with Crippen LogP contribution in [0.3, 0.4) is 0 Å². The molecule has 8 heteroatoms. The molecule has 0 spiro atoms. The van der Waals surface area contributed by atoms with E-state index in [-0.39, 0.29) is 24.4 Å². The first kappa shape index (κ1) is 21.8. The Hall–Kier alpha value is -2.90. The van der Waals surface area contributed by atoms with Crippen LogP contribution in [0.4, 0.5) is 13.2 Å². The third kappa shape index (κ3) is 4.32. The largest absolute Gasteiger partial charge is 0.416 e. The first-order valence-corrected chi connectivity index (χ1v) is 9.08.